The van der Waals surface area contributed by atoms with Crippen LogP contribution in [0.15, 0.2) is 23.1 Å². The average molecular weight is 321 g/mol. The summed E-state index contributed by atoms with van der Waals surface area (Å²) < 4.78 is 25.9. The summed E-state index contributed by atoms with van der Waals surface area (Å²) in [6, 6.07) is 3.47. The molecule has 0 aliphatic carbocycles. The van der Waals surface area contributed by atoms with Gasteiger partial charge in [0.25, 0.3) is 5.69 Å². The Labute approximate surface area is 123 Å². The van der Waals surface area contributed by atoms with E-state index in [0.717, 1.165) is 6.07 Å². The van der Waals surface area contributed by atoms with E-state index in [9.17, 15) is 18.5 Å². The van der Waals surface area contributed by atoms with Crippen molar-refractivity contribution in [3.05, 3.63) is 33.3 Å². The molecule has 0 aliphatic heterocycles. The monoisotopic (exact) mass is 320 g/mol. The molecule has 0 amide bonds. The van der Waals surface area contributed by atoms with E-state index < -0.39 is 20.6 Å². The third-order valence-corrected chi connectivity index (χ3v) is 4.64. The molecule has 0 saturated carbocycles. The molecule has 0 fully saturated rings. The van der Waals surface area contributed by atoms with Crippen molar-refractivity contribution in [3.8, 4) is 0 Å². The Hall–Kier alpha value is -1.18. The van der Waals surface area contributed by atoms with Gasteiger partial charge in [0.05, 0.1) is 9.82 Å². The molecule has 0 aromatic heterocycles. The van der Waals surface area contributed by atoms with Crippen LogP contribution in [0.4, 0.5) is 5.69 Å². The van der Waals surface area contributed by atoms with E-state index in [4.69, 9.17) is 11.6 Å². The molecule has 0 radical (unpaired) electrons. The average Bonchev–Trinajstić information content (AvgIpc) is 2.26. The Kier molecular flexibility index (Phi) is 4.78. The first kappa shape index (κ1) is 16.9. The van der Waals surface area contributed by atoms with E-state index in [0.29, 0.717) is 6.54 Å². The summed E-state index contributed by atoms with van der Waals surface area (Å²) in [5.41, 5.74) is -0.642. The van der Waals surface area contributed by atoms with E-state index >= 15 is 0 Å². The van der Waals surface area contributed by atoms with Gasteiger partial charge in [-0.25, -0.2) is 12.7 Å². The molecule has 0 spiro atoms. The number of halogens is 1. The number of hydrogen-bond donors (Lipinski definition) is 0. The lowest BCUT2D eigenvalue weighted by Crippen LogP contribution is -2.34. The third-order valence-electron chi connectivity index (χ3n) is 2.52. The molecular weight excluding hydrogens is 304 g/mol. The van der Waals surface area contributed by atoms with Crippen LogP contribution in [0.25, 0.3) is 0 Å². The fraction of sp³-hybridized carbons (Fsp3) is 0.500. The Morgan fingerprint density at radius 1 is 1.35 bits per heavy atom. The van der Waals surface area contributed by atoms with Crippen LogP contribution in [-0.4, -0.2) is 31.2 Å². The maximum absolute atomic E-state index is 12.4. The number of benzene rings is 1. The highest BCUT2D eigenvalue weighted by atomic mass is 35.5. The zero-order valence-corrected chi connectivity index (χ0v) is 13.3. The molecule has 1 rings (SSSR count). The van der Waals surface area contributed by atoms with E-state index in [-0.39, 0.29) is 15.3 Å². The lowest BCUT2D eigenvalue weighted by Gasteiger charge is -2.26. The minimum atomic E-state index is -3.77. The van der Waals surface area contributed by atoms with Crippen molar-refractivity contribution in [3.63, 3.8) is 0 Å². The zero-order chi connectivity index (χ0) is 15.7. The molecule has 0 saturated heterocycles. The Balaban J connectivity index is 3.23. The van der Waals surface area contributed by atoms with Crippen molar-refractivity contribution in [1.82, 2.24) is 4.31 Å². The van der Waals surface area contributed by atoms with Crippen molar-refractivity contribution in [2.45, 2.75) is 25.7 Å². The van der Waals surface area contributed by atoms with E-state index in [1.54, 1.807) is 0 Å². The van der Waals surface area contributed by atoms with Crippen LogP contribution in [0, 0.1) is 15.5 Å². The van der Waals surface area contributed by atoms with Crippen LogP contribution >= 0.6 is 11.6 Å². The van der Waals surface area contributed by atoms with Crippen molar-refractivity contribution in [1.29, 1.82) is 0 Å². The smallest absolute Gasteiger partial charge is 0.258 e. The third kappa shape index (κ3) is 3.91. The standard InChI is InChI=1S/C12H17ClN2O4S/c1-12(2,3)8-14(4)20(18,19)9-5-6-10(13)11(7-9)15(16)17/h5-7H,8H2,1-4H3. The quantitative estimate of drug-likeness (QED) is 0.631. The summed E-state index contributed by atoms with van der Waals surface area (Å²) in [6.07, 6.45) is 0. The van der Waals surface area contributed by atoms with E-state index in [1.807, 2.05) is 20.8 Å². The molecule has 8 heteroatoms. The fourth-order valence-electron chi connectivity index (χ4n) is 1.73. The van der Waals surface area contributed by atoms with Gasteiger partial charge in [0.15, 0.2) is 0 Å². The highest BCUT2D eigenvalue weighted by Crippen LogP contribution is 2.29. The van der Waals surface area contributed by atoms with Crippen molar-refractivity contribution in [2.24, 2.45) is 5.41 Å². The highest BCUT2D eigenvalue weighted by Gasteiger charge is 2.27. The molecule has 112 valence electrons. The predicted octanol–water partition coefficient (Wildman–Crippen LogP) is 2.91. The second kappa shape index (κ2) is 5.67. The second-order valence-corrected chi connectivity index (χ2v) is 8.14. The molecule has 0 aliphatic rings. The lowest BCUT2D eigenvalue weighted by molar-refractivity contribution is -0.384. The Morgan fingerprint density at radius 3 is 2.35 bits per heavy atom. The first-order valence-corrected chi connectivity index (χ1v) is 7.67. The highest BCUT2D eigenvalue weighted by molar-refractivity contribution is 7.89. The molecule has 0 N–H and O–H groups in total. The minimum absolute atomic E-state index is 0.0903. The SMILES string of the molecule is CN(CC(C)(C)C)S(=O)(=O)c1ccc(Cl)c([N+](=O)[O-])c1. The van der Waals surface area contributed by atoms with Crippen molar-refractivity contribution in [2.75, 3.05) is 13.6 Å². The maximum atomic E-state index is 12.4. The predicted molar refractivity (Wildman–Crippen MR) is 77.4 cm³/mol. The summed E-state index contributed by atoms with van der Waals surface area (Å²) in [6.45, 7) is 6.02. The summed E-state index contributed by atoms with van der Waals surface area (Å²) in [5.74, 6) is 0. The number of rotatable bonds is 4. The first-order chi connectivity index (χ1) is 8.95. The summed E-state index contributed by atoms with van der Waals surface area (Å²) >= 11 is 5.68. The molecule has 0 heterocycles. The van der Waals surface area contributed by atoms with Gasteiger partial charge >= 0.3 is 0 Å². The molecule has 6 nitrogen and oxygen atoms in total. The number of nitrogens with zero attached hydrogens (tertiary/aromatic N) is 2. The summed E-state index contributed by atoms with van der Waals surface area (Å²) in [7, 11) is -2.33. The van der Waals surface area contributed by atoms with Crippen LogP contribution in [0.3, 0.4) is 0 Å². The van der Waals surface area contributed by atoms with Gasteiger partial charge in [-0.1, -0.05) is 32.4 Å². The molecule has 0 bridgehead atoms. The van der Waals surface area contributed by atoms with Crippen LogP contribution in [0.1, 0.15) is 20.8 Å². The van der Waals surface area contributed by atoms with Gasteiger partial charge in [-0.2, -0.15) is 0 Å². The lowest BCUT2D eigenvalue weighted by atomic mass is 9.97. The van der Waals surface area contributed by atoms with Crippen LogP contribution in [0.5, 0.6) is 0 Å². The zero-order valence-electron chi connectivity index (χ0n) is 11.8. The molecule has 0 unspecified atom stereocenters. The van der Waals surface area contributed by atoms with Gasteiger partial charge in [0.1, 0.15) is 5.02 Å². The fourth-order valence-corrected chi connectivity index (χ4v) is 3.33. The van der Waals surface area contributed by atoms with E-state index in [2.05, 4.69) is 0 Å². The number of nitro benzene ring substituents is 1. The van der Waals surface area contributed by atoms with Crippen molar-refractivity contribution < 1.29 is 13.3 Å². The van der Waals surface area contributed by atoms with Crippen LogP contribution in [0.2, 0.25) is 5.02 Å². The van der Waals surface area contributed by atoms with Gasteiger partial charge in [-0.15, -0.1) is 0 Å². The Morgan fingerprint density at radius 2 is 1.90 bits per heavy atom. The maximum Gasteiger partial charge on any atom is 0.289 e. The summed E-state index contributed by atoms with van der Waals surface area (Å²) in [4.78, 5) is 9.97. The minimum Gasteiger partial charge on any atom is -0.258 e. The largest absolute Gasteiger partial charge is 0.289 e. The molecule has 1 aromatic rings. The van der Waals surface area contributed by atoms with Crippen LogP contribution in [-0.2, 0) is 10.0 Å². The van der Waals surface area contributed by atoms with Crippen LogP contribution < -0.4 is 0 Å². The van der Waals surface area contributed by atoms with Crippen molar-refractivity contribution >= 4 is 27.3 Å². The second-order valence-electron chi connectivity index (χ2n) is 5.69. The van der Waals surface area contributed by atoms with Gasteiger partial charge in [-0.05, 0) is 17.5 Å². The molecular formula is C12H17ClN2O4S. The van der Waals surface area contributed by atoms with Gasteiger partial charge in [0.2, 0.25) is 10.0 Å². The number of nitro groups is 1. The van der Waals surface area contributed by atoms with Gasteiger partial charge < -0.3 is 0 Å². The first-order valence-electron chi connectivity index (χ1n) is 5.85. The van der Waals surface area contributed by atoms with E-state index in [1.165, 1.54) is 23.5 Å². The number of sulfonamides is 1. The number of hydrogen-bond acceptors (Lipinski definition) is 4. The van der Waals surface area contributed by atoms with Gasteiger partial charge in [0, 0.05) is 19.7 Å². The Bertz CT molecular complexity index is 623. The molecule has 20 heavy (non-hydrogen) atoms. The summed E-state index contributed by atoms with van der Waals surface area (Å²) in [5, 5.41) is 10.7. The van der Waals surface area contributed by atoms with Gasteiger partial charge in [-0.3, -0.25) is 10.1 Å². The topological polar surface area (TPSA) is 80.5 Å². The molecule has 0 atom stereocenters. The molecule has 1 aromatic carbocycles. The normalized spacial score (nSPS) is 12.7.